The molecule has 2 heterocycles. The number of hydrogen-bond donors (Lipinski definition) is 2. The van der Waals surface area contributed by atoms with Crippen molar-refractivity contribution < 1.29 is 22.8 Å². The normalized spacial score (nSPS) is 18.4. The van der Waals surface area contributed by atoms with Gasteiger partial charge >= 0.3 is 11.9 Å². The molecule has 0 spiro atoms. The predicted octanol–water partition coefficient (Wildman–Crippen LogP) is -1.00. The standard InChI is InChI=1S/C11H14F3N5O3/c1-18-9(11(12,13)14)17-19(10(18)22)5-4-15-8(21)6-2-3-7(20)16-6/h6H,2-5H2,1H3,(H,15,21)(H,16,20). The Hall–Kier alpha value is -2.33. The second-order valence-electron chi connectivity index (χ2n) is 4.84. The molecule has 1 aromatic rings. The van der Waals surface area contributed by atoms with E-state index in [4.69, 9.17) is 0 Å². The van der Waals surface area contributed by atoms with Gasteiger partial charge in [0.1, 0.15) is 6.04 Å². The van der Waals surface area contributed by atoms with Crippen molar-refractivity contribution in [2.75, 3.05) is 6.54 Å². The van der Waals surface area contributed by atoms with Gasteiger partial charge in [0.15, 0.2) is 0 Å². The number of hydrogen-bond acceptors (Lipinski definition) is 4. The second kappa shape index (κ2) is 5.81. The smallest absolute Gasteiger partial charge is 0.352 e. The number of carbonyl (C=O) groups is 2. The highest BCUT2D eigenvalue weighted by molar-refractivity contribution is 5.90. The van der Waals surface area contributed by atoms with E-state index in [0.717, 1.165) is 7.05 Å². The Bertz CT molecular complexity index is 648. The van der Waals surface area contributed by atoms with Gasteiger partial charge < -0.3 is 10.6 Å². The van der Waals surface area contributed by atoms with Crippen LogP contribution in [0.5, 0.6) is 0 Å². The van der Waals surface area contributed by atoms with Gasteiger partial charge in [0.05, 0.1) is 6.54 Å². The highest BCUT2D eigenvalue weighted by Crippen LogP contribution is 2.25. The summed E-state index contributed by atoms with van der Waals surface area (Å²) >= 11 is 0. The average Bonchev–Trinajstić information content (AvgIpc) is 2.96. The Morgan fingerprint density at radius 1 is 1.45 bits per heavy atom. The first kappa shape index (κ1) is 16.0. The molecule has 0 saturated carbocycles. The van der Waals surface area contributed by atoms with Gasteiger partial charge in [-0.15, -0.1) is 5.10 Å². The Kier molecular flexibility index (Phi) is 4.24. The second-order valence-corrected chi connectivity index (χ2v) is 4.84. The third kappa shape index (κ3) is 3.28. The molecular formula is C11H14F3N5O3. The summed E-state index contributed by atoms with van der Waals surface area (Å²) in [5, 5.41) is 8.11. The summed E-state index contributed by atoms with van der Waals surface area (Å²) in [5.41, 5.74) is -0.921. The molecule has 0 radical (unpaired) electrons. The molecule has 1 aliphatic rings. The highest BCUT2D eigenvalue weighted by Gasteiger charge is 2.38. The summed E-state index contributed by atoms with van der Waals surface area (Å²) in [4.78, 5) is 34.3. The molecule has 22 heavy (non-hydrogen) atoms. The Labute approximate surface area is 122 Å². The summed E-state index contributed by atoms with van der Waals surface area (Å²) in [5.74, 6) is -1.96. The van der Waals surface area contributed by atoms with Crippen LogP contribution in [0.25, 0.3) is 0 Å². The topological polar surface area (TPSA) is 98.0 Å². The fourth-order valence-electron chi connectivity index (χ4n) is 2.10. The summed E-state index contributed by atoms with van der Waals surface area (Å²) in [6, 6.07) is -0.640. The molecule has 2 amide bonds. The number of nitrogens with one attached hydrogen (secondary N) is 2. The minimum absolute atomic E-state index is 0.0700. The molecule has 0 aromatic carbocycles. The number of amides is 2. The summed E-state index contributed by atoms with van der Waals surface area (Å²) < 4.78 is 38.8. The third-order valence-corrected chi connectivity index (χ3v) is 3.23. The number of alkyl halides is 3. The summed E-state index contributed by atoms with van der Waals surface area (Å²) in [6.07, 6.45) is -4.10. The molecule has 1 atom stereocenters. The van der Waals surface area contributed by atoms with Crippen molar-refractivity contribution in [1.29, 1.82) is 0 Å². The largest absolute Gasteiger partial charge is 0.451 e. The molecule has 122 valence electrons. The first-order valence-electron chi connectivity index (χ1n) is 6.48. The lowest BCUT2D eigenvalue weighted by atomic mass is 10.2. The van der Waals surface area contributed by atoms with Crippen LogP contribution in [0.4, 0.5) is 13.2 Å². The van der Waals surface area contributed by atoms with Crippen molar-refractivity contribution in [2.24, 2.45) is 7.05 Å². The number of carbonyl (C=O) groups excluding carboxylic acids is 2. The Morgan fingerprint density at radius 2 is 2.14 bits per heavy atom. The van der Waals surface area contributed by atoms with Crippen LogP contribution >= 0.6 is 0 Å². The van der Waals surface area contributed by atoms with Crippen LogP contribution in [-0.4, -0.2) is 38.7 Å². The zero-order valence-electron chi connectivity index (χ0n) is 11.6. The van der Waals surface area contributed by atoms with Crippen LogP contribution in [-0.2, 0) is 29.4 Å². The van der Waals surface area contributed by atoms with E-state index in [1.165, 1.54) is 0 Å². The molecule has 2 N–H and O–H groups in total. The molecule has 1 saturated heterocycles. The molecule has 1 unspecified atom stereocenters. The van der Waals surface area contributed by atoms with E-state index in [2.05, 4.69) is 15.7 Å². The average molecular weight is 321 g/mol. The fraction of sp³-hybridized carbons (Fsp3) is 0.636. The van der Waals surface area contributed by atoms with Crippen molar-refractivity contribution in [2.45, 2.75) is 31.6 Å². The first-order chi connectivity index (χ1) is 10.2. The minimum atomic E-state index is -4.73. The lowest BCUT2D eigenvalue weighted by Gasteiger charge is -2.10. The quantitative estimate of drug-likeness (QED) is 0.743. The van der Waals surface area contributed by atoms with Gasteiger partial charge in [0.25, 0.3) is 0 Å². The molecule has 0 aliphatic carbocycles. The van der Waals surface area contributed by atoms with Crippen molar-refractivity contribution in [1.82, 2.24) is 25.0 Å². The Morgan fingerprint density at radius 3 is 2.64 bits per heavy atom. The SMILES string of the molecule is Cn1c(C(F)(F)F)nn(CCNC(=O)C2CCC(=O)N2)c1=O. The van der Waals surface area contributed by atoms with Crippen molar-refractivity contribution >= 4 is 11.8 Å². The van der Waals surface area contributed by atoms with Crippen molar-refractivity contribution in [3.63, 3.8) is 0 Å². The molecule has 1 aromatic heterocycles. The van der Waals surface area contributed by atoms with E-state index in [0.29, 0.717) is 15.7 Å². The zero-order valence-corrected chi connectivity index (χ0v) is 11.6. The van der Waals surface area contributed by atoms with Gasteiger partial charge in [-0.3, -0.25) is 14.2 Å². The van der Waals surface area contributed by atoms with Crippen LogP contribution < -0.4 is 16.3 Å². The summed E-state index contributed by atoms with van der Waals surface area (Å²) in [6.45, 7) is -0.269. The molecule has 2 rings (SSSR count). The van der Waals surface area contributed by atoms with Crippen molar-refractivity contribution in [3.05, 3.63) is 16.3 Å². The third-order valence-electron chi connectivity index (χ3n) is 3.23. The van der Waals surface area contributed by atoms with Crippen LogP contribution in [0, 0.1) is 0 Å². The molecule has 1 aliphatic heterocycles. The lowest BCUT2D eigenvalue weighted by molar-refractivity contribution is -0.147. The number of aromatic nitrogens is 3. The van der Waals surface area contributed by atoms with Crippen molar-refractivity contribution in [3.8, 4) is 0 Å². The molecule has 8 nitrogen and oxygen atoms in total. The van der Waals surface area contributed by atoms with Gasteiger partial charge in [0.2, 0.25) is 17.6 Å². The van der Waals surface area contributed by atoms with Gasteiger partial charge in [-0.25, -0.2) is 9.48 Å². The van der Waals surface area contributed by atoms with E-state index in [-0.39, 0.29) is 25.4 Å². The maximum atomic E-state index is 12.6. The van der Waals surface area contributed by atoms with Gasteiger partial charge in [0, 0.05) is 20.0 Å². The van der Waals surface area contributed by atoms with Crippen LogP contribution in [0.15, 0.2) is 4.79 Å². The van der Waals surface area contributed by atoms with Gasteiger partial charge in [-0.2, -0.15) is 13.2 Å². The number of rotatable bonds is 4. The maximum absolute atomic E-state index is 12.6. The molecule has 11 heteroatoms. The molecule has 0 bridgehead atoms. The van der Waals surface area contributed by atoms with Gasteiger partial charge in [-0.1, -0.05) is 0 Å². The minimum Gasteiger partial charge on any atom is -0.352 e. The first-order valence-corrected chi connectivity index (χ1v) is 6.48. The van der Waals surface area contributed by atoms with Crippen LogP contribution in [0.3, 0.4) is 0 Å². The maximum Gasteiger partial charge on any atom is 0.451 e. The van der Waals surface area contributed by atoms with E-state index in [9.17, 15) is 27.6 Å². The zero-order chi connectivity index (χ0) is 16.5. The number of nitrogens with zero attached hydrogens (tertiary/aromatic N) is 3. The highest BCUT2D eigenvalue weighted by atomic mass is 19.4. The summed E-state index contributed by atoms with van der Waals surface area (Å²) in [7, 11) is 0.974. The number of halogens is 3. The van der Waals surface area contributed by atoms with Crippen LogP contribution in [0.2, 0.25) is 0 Å². The molecular weight excluding hydrogens is 307 g/mol. The fourth-order valence-corrected chi connectivity index (χ4v) is 2.10. The Balaban J connectivity index is 1.94. The van der Waals surface area contributed by atoms with E-state index < -0.39 is 29.6 Å². The molecule has 1 fully saturated rings. The van der Waals surface area contributed by atoms with Gasteiger partial charge in [-0.05, 0) is 6.42 Å². The van der Waals surface area contributed by atoms with E-state index in [1.807, 2.05) is 0 Å². The predicted molar refractivity (Wildman–Crippen MR) is 66.6 cm³/mol. The van der Waals surface area contributed by atoms with E-state index in [1.54, 1.807) is 0 Å². The van der Waals surface area contributed by atoms with Crippen LogP contribution in [0.1, 0.15) is 18.7 Å². The lowest BCUT2D eigenvalue weighted by Crippen LogP contribution is -2.43. The van der Waals surface area contributed by atoms with E-state index >= 15 is 0 Å². The monoisotopic (exact) mass is 321 g/mol.